The Morgan fingerprint density at radius 1 is 1.27 bits per heavy atom. The number of hydroxylamine groups is 1. The average Bonchev–Trinajstić information content (AvgIpc) is 2.17. The predicted octanol–water partition coefficient (Wildman–Crippen LogP) is 2.62. The summed E-state index contributed by atoms with van der Waals surface area (Å²) in [6.07, 6.45) is -3.18. The minimum atomic E-state index is -4.29. The highest BCUT2D eigenvalue weighted by molar-refractivity contribution is 5.25. The Labute approximate surface area is 85.7 Å². The van der Waals surface area contributed by atoms with Crippen molar-refractivity contribution >= 4 is 0 Å². The summed E-state index contributed by atoms with van der Waals surface area (Å²) in [5, 5.41) is 8.30. The second-order valence-corrected chi connectivity index (χ2v) is 3.21. The zero-order valence-corrected chi connectivity index (χ0v) is 8.01. The van der Waals surface area contributed by atoms with E-state index in [1.54, 1.807) is 6.07 Å². The van der Waals surface area contributed by atoms with Gasteiger partial charge in [-0.15, -0.1) is 0 Å². The molecule has 5 heteroatoms. The monoisotopic (exact) mass is 219 g/mol. The molecule has 0 bridgehead atoms. The fourth-order valence-corrected chi connectivity index (χ4v) is 1.27. The maximum atomic E-state index is 12.3. The smallest absolute Gasteiger partial charge is 0.317 e. The number of rotatable bonds is 4. The minimum Gasteiger partial charge on any atom is -0.317 e. The first-order valence-electron chi connectivity index (χ1n) is 4.57. The molecule has 0 atom stereocenters. The summed E-state index contributed by atoms with van der Waals surface area (Å²) in [7, 11) is 0. The van der Waals surface area contributed by atoms with Gasteiger partial charge in [0.2, 0.25) is 0 Å². The van der Waals surface area contributed by atoms with Crippen molar-refractivity contribution in [2.45, 2.75) is 19.0 Å². The van der Waals surface area contributed by atoms with E-state index in [2.05, 4.69) is 0 Å². The molecule has 2 nitrogen and oxygen atoms in total. The second-order valence-electron chi connectivity index (χ2n) is 3.21. The van der Waals surface area contributed by atoms with Crippen LogP contribution in [0.1, 0.15) is 17.5 Å². The van der Waals surface area contributed by atoms with Gasteiger partial charge in [-0.1, -0.05) is 18.2 Å². The molecule has 0 fully saturated rings. The first kappa shape index (κ1) is 12.0. The highest BCUT2D eigenvalue weighted by Crippen LogP contribution is 2.29. The molecule has 0 spiro atoms. The average molecular weight is 219 g/mol. The van der Waals surface area contributed by atoms with E-state index >= 15 is 0 Å². The quantitative estimate of drug-likeness (QED) is 0.602. The summed E-state index contributed by atoms with van der Waals surface area (Å²) in [6, 6.07) is 5.22. The molecule has 0 aliphatic heterocycles. The van der Waals surface area contributed by atoms with E-state index in [0.29, 0.717) is 24.9 Å². The lowest BCUT2D eigenvalue weighted by Crippen LogP contribution is -2.10. The van der Waals surface area contributed by atoms with Crippen molar-refractivity contribution in [3.05, 3.63) is 35.4 Å². The molecule has 0 aliphatic rings. The van der Waals surface area contributed by atoms with E-state index in [1.165, 1.54) is 6.07 Å². The van der Waals surface area contributed by atoms with Crippen molar-refractivity contribution in [3.63, 3.8) is 0 Å². The van der Waals surface area contributed by atoms with Gasteiger partial charge < -0.3 is 5.21 Å². The zero-order chi connectivity index (χ0) is 11.3. The largest absolute Gasteiger partial charge is 0.416 e. The summed E-state index contributed by atoms with van der Waals surface area (Å²) >= 11 is 0. The zero-order valence-electron chi connectivity index (χ0n) is 8.01. The van der Waals surface area contributed by atoms with Gasteiger partial charge in [-0.2, -0.15) is 13.2 Å². The van der Waals surface area contributed by atoms with Gasteiger partial charge in [0.1, 0.15) is 0 Å². The number of aryl methyl sites for hydroxylation is 1. The van der Waals surface area contributed by atoms with Crippen molar-refractivity contribution in [1.82, 2.24) is 5.48 Å². The van der Waals surface area contributed by atoms with E-state index in [0.717, 1.165) is 12.1 Å². The highest BCUT2D eigenvalue weighted by atomic mass is 19.4. The molecule has 0 aromatic heterocycles. The molecule has 1 aromatic carbocycles. The molecule has 0 amide bonds. The summed E-state index contributed by atoms with van der Waals surface area (Å²) in [6.45, 7) is 0.371. The molecule has 0 saturated heterocycles. The number of hydrogen-bond donors (Lipinski definition) is 2. The van der Waals surface area contributed by atoms with Crippen LogP contribution in [-0.4, -0.2) is 11.8 Å². The molecule has 0 heterocycles. The van der Waals surface area contributed by atoms with Gasteiger partial charge in [-0.3, -0.25) is 0 Å². The van der Waals surface area contributed by atoms with E-state index in [9.17, 15) is 13.2 Å². The molecule has 0 aliphatic carbocycles. The van der Waals surface area contributed by atoms with Crippen LogP contribution in [0.15, 0.2) is 24.3 Å². The fraction of sp³-hybridized carbons (Fsp3) is 0.400. The van der Waals surface area contributed by atoms with E-state index in [-0.39, 0.29) is 0 Å². The summed E-state index contributed by atoms with van der Waals surface area (Å²) in [4.78, 5) is 0. The summed E-state index contributed by atoms with van der Waals surface area (Å²) in [5.74, 6) is 0. The van der Waals surface area contributed by atoms with Crippen molar-refractivity contribution in [2.24, 2.45) is 0 Å². The van der Waals surface area contributed by atoms with Crippen LogP contribution >= 0.6 is 0 Å². The molecule has 15 heavy (non-hydrogen) atoms. The predicted molar refractivity (Wildman–Crippen MR) is 49.6 cm³/mol. The number of hydrogen-bond acceptors (Lipinski definition) is 2. The third-order valence-corrected chi connectivity index (χ3v) is 2.01. The van der Waals surface area contributed by atoms with Crippen LogP contribution in [-0.2, 0) is 12.6 Å². The summed E-state index contributed by atoms with van der Waals surface area (Å²) < 4.78 is 36.9. The Kier molecular flexibility index (Phi) is 4.11. The first-order valence-corrected chi connectivity index (χ1v) is 4.57. The van der Waals surface area contributed by atoms with Crippen molar-refractivity contribution in [1.29, 1.82) is 0 Å². The van der Waals surface area contributed by atoms with Crippen molar-refractivity contribution in [2.75, 3.05) is 6.54 Å². The third kappa shape index (κ3) is 3.89. The number of halogens is 3. The first-order chi connectivity index (χ1) is 7.04. The van der Waals surface area contributed by atoms with Gasteiger partial charge in [-0.05, 0) is 24.5 Å². The third-order valence-electron chi connectivity index (χ3n) is 2.01. The standard InChI is InChI=1S/C10H12F3NO/c11-10(12,13)9-5-1-3-8(7-9)4-2-6-14-15/h1,3,5,7,14-15H,2,4,6H2. The lowest BCUT2D eigenvalue weighted by Gasteiger charge is -2.08. The molecular formula is C10H12F3NO. The van der Waals surface area contributed by atoms with Crippen LogP contribution in [0.4, 0.5) is 13.2 Å². The lowest BCUT2D eigenvalue weighted by molar-refractivity contribution is -0.137. The topological polar surface area (TPSA) is 32.3 Å². The van der Waals surface area contributed by atoms with Crippen LogP contribution in [0.2, 0.25) is 0 Å². The lowest BCUT2D eigenvalue weighted by atomic mass is 10.1. The Morgan fingerprint density at radius 3 is 2.60 bits per heavy atom. The van der Waals surface area contributed by atoms with Gasteiger partial charge in [0.05, 0.1) is 5.56 Å². The van der Waals surface area contributed by atoms with Crippen LogP contribution in [0.3, 0.4) is 0 Å². The molecule has 1 aromatic rings. The van der Waals surface area contributed by atoms with Crippen molar-refractivity contribution < 1.29 is 18.4 Å². The van der Waals surface area contributed by atoms with Gasteiger partial charge in [0.25, 0.3) is 0 Å². The number of alkyl halides is 3. The molecule has 84 valence electrons. The van der Waals surface area contributed by atoms with Gasteiger partial charge in [0.15, 0.2) is 0 Å². The molecule has 0 radical (unpaired) electrons. The Hall–Kier alpha value is -1.07. The van der Waals surface area contributed by atoms with Gasteiger partial charge in [-0.25, -0.2) is 5.48 Å². The van der Waals surface area contributed by atoms with Crippen molar-refractivity contribution in [3.8, 4) is 0 Å². The molecule has 1 rings (SSSR count). The Bertz CT molecular complexity index is 312. The molecule has 0 saturated carbocycles. The van der Waals surface area contributed by atoms with E-state index < -0.39 is 11.7 Å². The SMILES string of the molecule is ONCCCc1cccc(C(F)(F)F)c1. The second kappa shape index (κ2) is 5.14. The Balaban J connectivity index is 2.66. The van der Waals surface area contributed by atoms with E-state index in [4.69, 9.17) is 5.21 Å². The number of benzene rings is 1. The van der Waals surface area contributed by atoms with Gasteiger partial charge >= 0.3 is 6.18 Å². The van der Waals surface area contributed by atoms with E-state index in [1.807, 2.05) is 5.48 Å². The molecule has 0 unspecified atom stereocenters. The Morgan fingerprint density at radius 2 is 2.00 bits per heavy atom. The van der Waals surface area contributed by atoms with Crippen LogP contribution in [0.25, 0.3) is 0 Å². The maximum Gasteiger partial charge on any atom is 0.416 e. The fourth-order valence-electron chi connectivity index (χ4n) is 1.27. The summed E-state index contributed by atoms with van der Waals surface area (Å²) in [5.41, 5.74) is 1.96. The number of nitrogens with one attached hydrogen (secondary N) is 1. The van der Waals surface area contributed by atoms with Crippen LogP contribution in [0.5, 0.6) is 0 Å². The highest BCUT2D eigenvalue weighted by Gasteiger charge is 2.30. The molecular weight excluding hydrogens is 207 g/mol. The molecule has 2 N–H and O–H groups in total. The van der Waals surface area contributed by atoms with Crippen LogP contribution < -0.4 is 5.48 Å². The van der Waals surface area contributed by atoms with Crippen LogP contribution in [0, 0.1) is 0 Å². The van der Waals surface area contributed by atoms with Gasteiger partial charge in [0, 0.05) is 6.54 Å². The normalized spacial score (nSPS) is 11.7. The maximum absolute atomic E-state index is 12.3. The minimum absolute atomic E-state index is 0.371.